The fraction of sp³-hybridized carbons (Fsp3) is 0.407. The first-order valence-corrected chi connectivity index (χ1v) is 12.3. The number of halogens is 1. The number of likely N-dealkylation sites (N-methyl/N-ethyl adjacent to an activating group) is 1. The van der Waals surface area contributed by atoms with Gasteiger partial charge < -0.3 is 36.2 Å². The van der Waals surface area contributed by atoms with Gasteiger partial charge in [-0.3, -0.25) is 14.9 Å². The van der Waals surface area contributed by atoms with Gasteiger partial charge in [-0.25, -0.2) is 4.79 Å². The maximum absolute atomic E-state index is 13.2. The van der Waals surface area contributed by atoms with E-state index in [0.717, 1.165) is 17.7 Å². The lowest BCUT2D eigenvalue weighted by Gasteiger charge is -2.64. The van der Waals surface area contributed by atoms with Crippen LogP contribution in [0.2, 0.25) is 0 Å². The predicted molar refractivity (Wildman–Crippen MR) is 130 cm³/mol. The van der Waals surface area contributed by atoms with Gasteiger partial charge in [-0.2, -0.15) is 0 Å². The molecular formula is C27H27ClN2O8. The second kappa shape index (κ2) is 8.79. The number of nitrogens with zero attached hydrogens (tertiary/aromatic N) is 2. The van der Waals surface area contributed by atoms with Crippen LogP contribution < -0.4 is 26.6 Å². The van der Waals surface area contributed by atoms with Gasteiger partial charge in [0.25, 0.3) is 5.69 Å². The molecule has 2 aliphatic carbocycles. The van der Waals surface area contributed by atoms with Gasteiger partial charge in [0.2, 0.25) is 0 Å². The molecule has 2 aromatic rings. The van der Waals surface area contributed by atoms with Gasteiger partial charge >= 0.3 is 6.16 Å². The first kappa shape index (κ1) is 26.1. The van der Waals surface area contributed by atoms with Crippen LogP contribution in [0.1, 0.15) is 30.4 Å². The molecule has 6 rings (SSSR count). The van der Waals surface area contributed by atoms with Crippen molar-refractivity contribution in [2.45, 2.75) is 48.8 Å². The summed E-state index contributed by atoms with van der Waals surface area (Å²) >= 11 is 0. The largest absolute Gasteiger partial charge is 1.00 e. The lowest BCUT2D eigenvalue weighted by Crippen LogP contribution is -3.00. The van der Waals surface area contributed by atoms with Crippen LogP contribution in [0.4, 0.5) is 10.5 Å². The van der Waals surface area contributed by atoms with Gasteiger partial charge in [-0.15, -0.1) is 0 Å². The van der Waals surface area contributed by atoms with Crippen molar-refractivity contribution in [3.63, 3.8) is 0 Å². The molecular weight excluding hydrogens is 516 g/mol. The maximum atomic E-state index is 13.2. The third kappa shape index (κ3) is 3.40. The molecule has 0 aromatic heterocycles. The quantitative estimate of drug-likeness (QED) is 0.142. The number of hydrogen-bond donors (Lipinski definition) is 1. The van der Waals surface area contributed by atoms with E-state index in [1.165, 1.54) is 24.3 Å². The van der Waals surface area contributed by atoms with Gasteiger partial charge in [0.05, 0.1) is 30.5 Å². The van der Waals surface area contributed by atoms with E-state index in [1.807, 2.05) is 12.1 Å². The number of non-ortho nitro benzene ring substituents is 1. The van der Waals surface area contributed by atoms with E-state index in [1.54, 1.807) is 6.07 Å². The highest BCUT2D eigenvalue weighted by molar-refractivity contribution is 5.90. The summed E-state index contributed by atoms with van der Waals surface area (Å²) in [5.41, 5.74) is -0.459. The van der Waals surface area contributed by atoms with Gasteiger partial charge in [-0.05, 0) is 36.3 Å². The molecule has 2 heterocycles. The molecule has 0 unspecified atom stereocenters. The molecule has 0 amide bonds. The minimum absolute atomic E-state index is 0. The second-order valence-corrected chi connectivity index (χ2v) is 10.6. The molecule has 10 nitrogen and oxygen atoms in total. The number of likely N-dealkylation sites (tertiary alicyclic amines) is 1. The topological polar surface area (TPSA) is 125 Å². The molecule has 38 heavy (non-hydrogen) atoms. The number of aliphatic hydroxyl groups is 1. The summed E-state index contributed by atoms with van der Waals surface area (Å²) in [5.74, 6) is 0.427. The summed E-state index contributed by atoms with van der Waals surface area (Å²) in [5, 5.41) is 23.2. The molecule has 1 spiro atoms. The molecule has 4 aliphatic rings. The number of carbonyl (C=O) groups excluding carboxylic acids is 2. The van der Waals surface area contributed by atoms with Crippen molar-refractivity contribution in [3.8, 4) is 17.2 Å². The highest BCUT2D eigenvalue weighted by Crippen LogP contribution is 2.65. The van der Waals surface area contributed by atoms with E-state index in [4.69, 9.17) is 14.2 Å². The first-order valence-electron chi connectivity index (χ1n) is 12.3. The predicted octanol–water partition coefficient (Wildman–Crippen LogP) is 0.230. The smallest absolute Gasteiger partial charge is 0.519 e. The number of hydrogen-bond acceptors (Lipinski definition) is 8. The number of piperidine rings is 1. The Bertz CT molecular complexity index is 1360. The molecule has 2 aromatic carbocycles. The Morgan fingerprint density at radius 3 is 2.68 bits per heavy atom. The number of nitro groups is 1. The third-order valence-corrected chi connectivity index (χ3v) is 8.88. The van der Waals surface area contributed by atoms with Crippen molar-refractivity contribution in [2.24, 2.45) is 0 Å². The maximum Gasteiger partial charge on any atom is 0.519 e. The monoisotopic (exact) mass is 542 g/mol. The minimum atomic E-state index is -1.16. The standard InChI is InChI=1S/C27H27N2O8.ClH/c1-3-13-29(2)14-12-26-22-16-4-9-20(36-25(31)35-18-7-5-17(6-8-18)28(33)34)23(22)37-24(26)19(30)10-11-27(26,32)21(29)15-16;/h3-9,21,24,32H,1,10-15H2,2H3;1H/q+1;/p-1/t21-,24+,26+,27-,29-;/m1./s1. The zero-order valence-electron chi connectivity index (χ0n) is 20.7. The van der Waals surface area contributed by atoms with E-state index in [0.29, 0.717) is 36.0 Å². The Labute approximate surface area is 224 Å². The zero-order chi connectivity index (χ0) is 26.2. The van der Waals surface area contributed by atoms with Gasteiger partial charge in [0.1, 0.15) is 17.4 Å². The van der Waals surface area contributed by atoms with Crippen LogP contribution in [0.25, 0.3) is 0 Å². The molecule has 2 bridgehead atoms. The van der Waals surface area contributed by atoms with Crippen LogP contribution >= 0.6 is 0 Å². The van der Waals surface area contributed by atoms with Crippen molar-refractivity contribution in [1.82, 2.24) is 0 Å². The molecule has 1 saturated carbocycles. The Morgan fingerprint density at radius 2 is 2.00 bits per heavy atom. The summed E-state index contributed by atoms with van der Waals surface area (Å²) < 4.78 is 17.6. The third-order valence-electron chi connectivity index (χ3n) is 8.88. The van der Waals surface area contributed by atoms with Crippen molar-refractivity contribution in [2.75, 3.05) is 20.1 Å². The zero-order valence-corrected chi connectivity index (χ0v) is 21.5. The minimum Gasteiger partial charge on any atom is -1.00 e. The molecule has 5 atom stereocenters. The molecule has 0 radical (unpaired) electrons. The number of quaternary nitrogens is 1. The van der Waals surface area contributed by atoms with E-state index in [-0.39, 0.29) is 47.8 Å². The fourth-order valence-corrected chi connectivity index (χ4v) is 7.26. The van der Waals surface area contributed by atoms with Crippen LogP contribution in [-0.4, -0.2) is 64.3 Å². The van der Waals surface area contributed by atoms with Crippen LogP contribution in [-0.2, 0) is 16.6 Å². The number of carbonyl (C=O) groups is 2. The molecule has 1 N–H and O–H groups in total. The van der Waals surface area contributed by atoms with Crippen LogP contribution in [0.15, 0.2) is 49.1 Å². The number of Topliss-reactive ketones (excluding diaryl/α,β-unsaturated/α-hetero) is 1. The average molecular weight is 543 g/mol. The van der Waals surface area contributed by atoms with E-state index >= 15 is 0 Å². The first-order chi connectivity index (χ1) is 17.6. The second-order valence-electron chi connectivity index (χ2n) is 10.6. The van der Waals surface area contributed by atoms with E-state index in [9.17, 15) is 24.8 Å². The summed E-state index contributed by atoms with van der Waals surface area (Å²) in [4.78, 5) is 36.1. The number of ether oxygens (including phenoxy) is 3. The number of benzene rings is 2. The summed E-state index contributed by atoms with van der Waals surface area (Å²) in [6.07, 6.45) is 1.71. The number of ketones is 1. The average Bonchev–Trinajstić information content (AvgIpc) is 3.22. The highest BCUT2D eigenvalue weighted by atomic mass is 35.5. The van der Waals surface area contributed by atoms with Crippen LogP contribution in [0.5, 0.6) is 17.2 Å². The summed E-state index contributed by atoms with van der Waals surface area (Å²) in [6, 6.07) is 8.41. The Morgan fingerprint density at radius 1 is 1.26 bits per heavy atom. The SMILES string of the molecule is C=CC[N@+]1(C)CC[C@]23c4c5ccc(OC(=O)Oc6ccc([N+](=O)[O-])cc6)c4O[C@H]2C(=O)CC[C@@]3(O)[C@H]1C5.[Cl-]. The molecule has 2 aliphatic heterocycles. The van der Waals surface area contributed by atoms with Gasteiger partial charge in [0, 0.05) is 37.0 Å². The van der Waals surface area contributed by atoms with Crippen molar-refractivity contribution >= 4 is 17.6 Å². The summed E-state index contributed by atoms with van der Waals surface area (Å²) in [6.45, 7) is 5.38. The molecule has 2 fully saturated rings. The van der Waals surface area contributed by atoms with Crippen molar-refractivity contribution < 1.29 is 50.7 Å². The molecule has 200 valence electrons. The van der Waals surface area contributed by atoms with Crippen LogP contribution in [0, 0.1) is 10.1 Å². The number of rotatable bonds is 5. The highest BCUT2D eigenvalue weighted by Gasteiger charge is 2.76. The Balaban J connectivity index is 0.00000294. The van der Waals surface area contributed by atoms with Crippen molar-refractivity contribution in [1.29, 1.82) is 0 Å². The van der Waals surface area contributed by atoms with Gasteiger partial charge in [0.15, 0.2) is 23.4 Å². The van der Waals surface area contributed by atoms with E-state index < -0.39 is 28.2 Å². The van der Waals surface area contributed by atoms with Crippen LogP contribution in [0.3, 0.4) is 0 Å². The lowest BCUT2D eigenvalue weighted by atomic mass is 9.48. The lowest BCUT2D eigenvalue weighted by molar-refractivity contribution is -0.944. The van der Waals surface area contributed by atoms with Crippen molar-refractivity contribution in [3.05, 3.63) is 70.3 Å². The fourth-order valence-electron chi connectivity index (χ4n) is 7.26. The Hall–Kier alpha value is -3.47. The Kier molecular flexibility index (Phi) is 6.05. The van der Waals surface area contributed by atoms with E-state index in [2.05, 4.69) is 13.6 Å². The molecule has 11 heteroatoms. The normalized spacial score (nSPS) is 31.8. The molecule has 1 saturated heterocycles. The van der Waals surface area contributed by atoms with Gasteiger partial charge in [-0.1, -0.05) is 12.6 Å². The number of nitro benzene ring substituents is 1. The summed E-state index contributed by atoms with van der Waals surface area (Å²) in [7, 11) is 2.13.